The third-order valence-electron chi connectivity index (χ3n) is 3.44. The molecule has 0 saturated carbocycles. The fraction of sp³-hybridized carbons (Fsp3) is 0.421. The third kappa shape index (κ3) is 6.17. The van der Waals surface area contributed by atoms with Gasteiger partial charge in [-0.05, 0) is 70.7 Å². The zero-order valence-electron chi connectivity index (χ0n) is 14.1. The lowest BCUT2D eigenvalue weighted by atomic mass is 10.0. The van der Waals surface area contributed by atoms with Crippen LogP contribution in [0.15, 0.2) is 41.5 Å². The maximum absolute atomic E-state index is 11.8. The van der Waals surface area contributed by atoms with E-state index in [1.807, 2.05) is 6.92 Å². The van der Waals surface area contributed by atoms with Crippen LogP contribution in [0.25, 0.3) is 0 Å². The fourth-order valence-electron chi connectivity index (χ4n) is 2.13. The van der Waals surface area contributed by atoms with Crippen LogP contribution in [0.1, 0.15) is 56.5 Å². The average Bonchev–Trinajstić information content (AvgIpc) is 2.46. The minimum absolute atomic E-state index is 0.104. The first-order chi connectivity index (χ1) is 10.4. The molecule has 0 bridgehead atoms. The molecule has 1 aromatic carbocycles. The van der Waals surface area contributed by atoms with Gasteiger partial charge in [0.25, 0.3) is 5.91 Å². The number of phenols is 1. The molecule has 2 N–H and O–H groups in total. The van der Waals surface area contributed by atoms with Crippen molar-refractivity contribution in [2.45, 2.75) is 47.0 Å². The van der Waals surface area contributed by atoms with Crippen molar-refractivity contribution in [3.05, 3.63) is 52.6 Å². The van der Waals surface area contributed by atoms with E-state index in [4.69, 9.17) is 0 Å². The number of allylic oxidation sites excluding steroid dienone is 4. The number of carbonyl (C=O) groups excluding carboxylic acids is 1. The number of hydrogen-bond acceptors (Lipinski definition) is 2. The highest BCUT2D eigenvalue weighted by Crippen LogP contribution is 2.20. The number of hydrogen-bond donors (Lipinski definition) is 2. The Bertz CT molecular complexity index is 567. The van der Waals surface area contributed by atoms with Gasteiger partial charge in [-0.1, -0.05) is 23.3 Å². The largest absolute Gasteiger partial charge is 0.508 e. The predicted octanol–water partition coefficient (Wildman–Crippen LogP) is 4.38. The lowest BCUT2D eigenvalue weighted by Gasteiger charge is -2.07. The fourth-order valence-corrected chi connectivity index (χ4v) is 2.13. The molecule has 1 aromatic rings. The van der Waals surface area contributed by atoms with Crippen LogP contribution in [-0.2, 0) is 6.42 Å². The highest BCUT2D eigenvalue weighted by atomic mass is 16.3. The van der Waals surface area contributed by atoms with Gasteiger partial charge in [0.05, 0.1) is 0 Å². The summed E-state index contributed by atoms with van der Waals surface area (Å²) in [5, 5.41) is 12.7. The smallest absolute Gasteiger partial charge is 0.251 e. The predicted molar refractivity (Wildman–Crippen MR) is 92.2 cm³/mol. The highest BCUT2D eigenvalue weighted by Gasteiger charge is 2.07. The second kappa shape index (κ2) is 9.08. The van der Waals surface area contributed by atoms with Crippen molar-refractivity contribution in [3.63, 3.8) is 0 Å². The molecule has 1 amide bonds. The van der Waals surface area contributed by atoms with Crippen LogP contribution >= 0.6 is 0 Å². The number of amides is 1. The second-order valence-corrected chi connectivity index (χ2v) is 5.78. The van der Waals surface area contributed by atoms with E-state index in [2.05, 4.69) is 38.2 Å². The summed E-state index contributed by atoms with van der Waals surface area (Å²) in [6.45, 7) is 8.79. The van der Waals surface area contributed by atoms with E-state index in [0.717, 1.165) is 18.4 Å². The molecular formula is C19H27NO2. The molecular weight excluding hydrogens is 274 g/mol. The monoisotopic (exact) mass is 301 g/mol. The van der Waals surface area contributed by atoms with Crippen molar-refractivity contribution in [3.8, 4) is 5.75 Å². The molecule has 0 unspecified atom stereocenters. The van der Waals surface area contributed by atoms with Crippen LogP contribution in [0, 0.1) is 0 Å². The number of carbonyl (C=O) groups is 1. The van der Waals surface area contributed by atoms with Crippen molar-refractivity contribution in [2.24, 2.45) is 0 Å². The molecule has 0 aliphatic heterocycles. The van der Waals surface area contributed by atoms with Crippen LogP contribution in [-0.4, -0.2) is 17.6 Å². The van der Waals surface area contributed by atoms with Crippen molar-refractivity contribution >= 4 is 5.91 Å². The number of aromatic hydroxyl groups is 1. The molecule has 0 aliphatic carbocycles. The molecule has 3 heteroatoms. The number of phenolic OH excluding ortho intramolecular Hbond substituents is 1. The van der Waals surface area contributed by atoms with Gasteiger partial charge >= 0.3 is 0 Å². The maximum atomic E-state index is 11.8. The summed E-state index contributed by atoms with van der Waals surface area (Å²) in [5.41, 5.74) is 4.00. The Morgan fingerprint density at radius 2 is 1.95 bits per heavy atom. The number of rotatable bonds is 7. The van der Waals surface area contributed by atoms with Crippen molar-refractivity contribution in [1.29, 1.82) is 0 Å². The zero-order chi connectivity index (χ0) is 16.5. The first kappa shape index (κ1) is 18.0. The lowest BCUT2D eigenvalue weighted by Crippen LogP contribution is -2.22. The van der Waals surface area contributed by atoms with Crippen LogP contribution in [0.2, 0.25) is 0 Å². The topological polar surface area (TPSA) is 49.3 Å². The highest BCUT2D eigenvalue weighted by molar-refractivity contribution is 5.94. The second-order valence-electron chi connectivity index (χ2n) is 5.78. The van der Waals surface area contributed by atoms with Crippen LogP contribution in [0.3, 0.4) is 0 Å². The van der Waals surface area contributed by atoms with Gasteiger partial charge in [-0.2, -0.15) is 0 Å². The van der Waals surface area contributed by atoms with Gasteiger partial charge in [-0.15, -0.1) is 0 Å². The van der Waals surface area contributed by atoms with Crippen molar-refractivity contribution in [2.75, 3.05) is 6.54 Å². The van der Waals surface area contributed by atoms with Crippen molar-refractivity contribution < 1.29 is 9.90 Å². The van der Waals surface area contributed by atoms with Crippen LogP contribution < -0.4 is 5.32 Å². The Hall–Kier alpha value is -2.03. The first-order valence-electron chi connectivity index (χ1n) is 7.83. The van der Waals surface area contributed by atoms with Gasteiger partial charge in [-0.25, -0.2) is 0 Å². The molecule has 0 aliphatic rings. The summed E-state index contributed by atoms with van der Waals surface area (Å²) in [5.74, 6) is 0.134. The van der Waals surface area contributed by atoms with Gasteiger partial charge in [0.15, 0.2) is 0 Å². The molecule has 1 rings (SSSR count). The molecule has 0 aromatic heterocycles. The quantitative estimate of drug-likeness (QED) is 0.734. The minimum Gasteiger partial charge on any atom is -0.508 e. The molecule has 0 saturated heterocycles. The summed E-state index contributed by atoms with van der Waals surface area (Å²) < 4.78 is 0. The Balaban J connectivity index is 2.73. The van der Waals surface area contributed by atoms with Gasteiger partial charge < -0.3 is 10.4 Å². The molecule has 0 fully saturated rings. The van der Waals surface area contributed by atoms with E-state index < -0.39 is 0 Å². The molecule has 0 heterocycles. The van der Waals surface area contributed by atoms with E-state index >= 15 is 0 Å². The van der Waals surface area contributed by atoms with E-state index in [0.29, 0.717) is 18.5 Å². The Morgan fingerprint density at radius 1 is 1.23 bits per heavy atom. The van der Waals surface area contributed by atoms with Gasteiger partial charge in [-0.3, -0.25) is 4.79 Å². The summed E-state index contributed by atoms with van der Waals surface area (Å²) in [6, 6.07) is 5.00. The number of benzene rings is 1. The van der Waals surface area contributed by atoms with Crippen molar-refractivity contribution in [1.82, 2.24) is 5.32 Å². The minimum atomic E-state index is -0.104. The maximum Gasteiger partial charge on any atom is 0.251 e. The molecule has 0 atom stereocenters. The Labute approximate surface area is 133 Å². The summed E-state index contributed by atoms with van der Waals surface area (Å²) >= 11 is 0. The molecule has 0 spiro atoms. The number of nitrogens with one attached hydrogen (secondary N) is 1. The normalized spacial score (nSPS) is 11.2. The average molecular weight is 301 g/mol. The molecule has 22 heavy (non-hydrogen) atoms. The Kier molecular flexibility index (Phi) is 7.44. The van der Waals surface area contributed by atoms with E-state index in [1.54, 1.807) is 18.2 Å². The molecule has 3 nitrogen and oxygen atoms in total. The third-order valence-corrected chi connectivity index (χ3v) is 3.44. The standard InChI is InChI=1S/C19H27NO2/c1-5-20-19(22)17-11-12-18(21)16(13-17)10-9-15(4)8-6-7-14(2)3/h7,9,11-13,21H,5-6,8,10H2,1-4H3,(H,20,22)/b15-9+. The molecule has 0 radical (unpaired) electrons. The van der Waals surface area contributed by atoms with E-state index in [1.165, 1.54) is 11.1 Å². The van der Waals surface area contributed by atoms with Gasteiger partial charge in [0, 0.05) is 12.1 Å². The van der Waals surface area contributed by atoms with Crippen LogP contribution in [0.5, 0.6) is 5.75 Å². The summed E-state index contributed by atoms with van der Waals surface area (Å²) in [4.78, 5) is 11.8. The summed E-state index contributed by atoms with van der Waals surface area (Å²) in [7, 11) is 0. The van der Waals surface area contributed by atoms with Crippen LogP contribution in [0.4, 0.5) is 0 Å². The van der Waals surface area contributed by atoms with Gasteiger partial charge in [0.2, 0.25) is 0 Å². The van der Waals surface area contributed by atoms with Gasteiger partial charge in [0.1, 0.15) is 5.75 Å². The molecule has 120 valence electrons. The SMILES string of the molecule is CCNC(=O)c1ccc(O)c(C/C=C(\C)CCC=C(C)C)c1. The van der Waals surface area contributed by atoms with E-state index in [9.17, 15) is 9.90 Å². The lowest BCUT2D eigenvalue weighted by molar-refractivity contribution is 0.0955. The Morgan fingerprint density at radius 3 is 2.59 bits per heavy atom. The zero-order valence-corrected chi connectivity index (χ0v) is 14.1. The first-order valence-corrected chi connectivity index (χ1v) is 7.83. The van der Waals surface area contributed by atoms with E-state index in [-0.39, 0.29) is 11.7 Å². The summed E-state index contributed by atoms with van der Waals surface area (Å²) in [6.07, 6.45) is 7.04.